The first-order valence-corrected chi connectivity index (χ1v) is 7.53. The van der Waals surface area contributed by atoms with Crippen LogP contribution in [0.4, 0.5) is 0 Å². The Kier molecular flexibility index (Phi) is 6.81. The first-order valence-electron chi connectivity index (χ1n) is 7.53. The number of hydrogen-bond donors (Lipinski definition) is 1. The summed E-state index contributed by atoms with van der Waals surface area (Å²) in [6.07, 6.45) is 0. The molecule has 1 rings (SSSR count). The van der Waals surface area contributed by atoms with E-state index < -0.39 is 16.8 Å². The second-order valence-corrected chi connectivity index (χ2v) is 6.90. The maximum Gasteiger partial charge on any atom is 0.316 e. The third kappa shape index (κ3) is 5.51. The third-order valence-corrected chi connectivity index (χ3v) is 2.72. The lowest BCUT2D eigenvalue weighted by Gasteiger charge is -2.19. The molecule has 0 bridgehead atoms. The van der Waals surface area contributed by atoms with Gasteiger partial charge in [0.15, 0.2) is 5.78 Å². The summed E-state index contributed by atoms with van der Waals surface area (Å²) >= 11 is 0. The van der Waals surface area contributed by atoms with Gasteiger partial charge >= 0.3 is 5.97 Å². The van der Waals surface area contributed by atoms with E-state index in [0.29, 0.717) is 0 Å². The summed E-state index contributed by atoms with van der Waals surface area (Å²) in [6, 6.07) is 4.29. The molecule has 0 radical (unpaired) electrons. The highest BCUT2D eigenvalue weighted by Gasteiger charge is 2.27. The Hall–Kier alpha value is -1.84. The Morgan fingerprint density at radius 2 is 1.45 bits per heavy atom. The van der Waals surface area contributed by atoms with Crippen molar-refractivity contribution in [2.24, 2.45) is 10.8 Å². The predicted molar refractivity (Wildman–Crippen MR) is 88.3 cm³/mol. The van der Waals surface area contributed by atoms with Gasteiger partial charge < -0.3 is 9.84 Å². The first kappa shape index (κ1) is 20.2. The van der Waals surface area contributed by atoms with Gasteiger partial charge in [-0.3, -0.25) is 9.59 Å². The number of ether oxygens (including phenoxy) is 1. The van der Waals surface area contributed by atoms with Crippen molar-refractivity contribution in [2.75, 3.05) is 0 Å². The number of hydrogen-bond acceptors (Lipinski definition) is 4. The average Bonchev–Trinajstić information content (AvgIpc) is 2.38. The molecular formula is C18H28O4. The summed E-state index contributed by atoms with van der Waals surface area (Å²) in [7, 11) is 0. The summed E-state index contributed by atoms with van der Waals surface area (Å²) in [5.74, 6) is -0.507. The van der Waals surface area contributed by atoms with E-state index in [9.17, 15) is 14.7 Å². The molecule has 0 aliphatic heterocycles. The average molecular weight is 308 g/mol. The fourth-order valence-corrected chi connectivity index (χ4v) is 1.43. The van der Waals surface area contributed by atoms with Gasteiger partial charge in [-0.1, -0.05) is 34.6 Å². The SMILES string of the molecule is CC.CC(C)(C)C(=O)Oc1ccc(C(=O)C(C)(C)C)c(O)c1. The van der Waals surface area contributed by atoms with E-state index in [0.717, 1.165) is 0 Å². The Labute approximate surface area is 133 Å². The van der Waals surface area contributed by atoms with Crippen molar-refractivity contribution in [3.63, 3.8) is 0 Å². The highest BCUT2D eigenvalue weighted by molar-refractivity contribution is 6.02. The van der Waals surface area contributed by atoms with Gasteiger partial charge in [-0.2, -0.15) is 0 Å². The van der Waals surface area contributed by atoms with Gasteiger partial charge in [0, 0.05) is 11.5 Å². The van der Waals surface area contributed by atoms with Crippen LogP contribution in [-0.4, -0.2) is 16.9 Å². The Morgan fingerprint density at radius 3 is 1.82 bits per heavy atom. The number of aromatic hydroxyl groups is 1. The topological polar surface area (TPSA) is 63.6 Å². The van der Waals surface area contributed by atoms with Gasteiger partial charge in [-0.05, 0) is 32.9 Å². The Bertz CT molecular complexity index is 531. The maximum atomic E-state index is 12.1. The minimum absolute atomic E-state index is 0.163. The van der Waals surface area contributed by atoms with E-state index in [1.165, 1.54) is 18.2 Å². The number of benzene rings is 1. The van der Waals surface area contributed by atoms with Gasteiger partial charge in [-0.15, -0.1) is 0 Å². The number of esters is 1. The Balaban J connectivity index is 0.00000211. The van der Waals surface area contributed by atoms with Crippen LogP contribution >= 0.6 is 0 Å². The summed E-state index contributed by atoms with van der Waals surface area (Å²) in [5.41, 5.74) is -0.982. The van der Waals surface area contributed by atoms with Crippen molar-refractivity contribution in [1.29, 1.82) is 0 Å². The minimum Gasteiger partial charge on any atom is -0.507 e. The molecule has 22 heavy (non-hydrogen) atoms. The summed E-state index contributed by atoms with van der Waals surface area (Å²) in [4.78, 5) is 23.9. The van der Waals surface area contributed by atoms with Crippen LogP contribution in [0.5, 0.6) is 11.5 Å². The van der Waals surface area contributed by atoms with Gasteiger partial charge in [0.1, 0.15) is 11.5 Å². The molecule has 0 atom stereocenters. The summed E-state index contributed by atoms with van der Waals surface area (Å²) in [5, 5.41) is 9.93. The standard InChI is InChI=1S/C16H22O4.C2H6/c1-15(2,3)13(18)11-8-7-10(9-12(11)17)20-14(19)16(4,5)6;1-2/h7-9,17H,1-6H3;1-2H3. The number of carbonyl (C=O) groups excluding carboxylic acids is 2. The largest absolute Gasteiger partial charge is 0.507 e. The molecule has 0 amide bonds. The number of phenols is 1. The zero-order valence-electron chi connectivity index (χ0n) is 14.9. The van der Waals surface area contributed by atoms with Gasteiger partial charge in [0.2, 0.25) is 0 Å². The zero-order valence-corrected chi connectivity index (χ0v) is 14.9. The smallest absolute Gasteiger partial charge is 0.316 e. The first-order chi connectivity index (χ1) is 9.93. The van der Waals surface area contributed by atoms with E-state index in [1.54, 1.807) is 41.5 Å². The van der Waals surface area contributed by atoms with Crippen molar-refractivity contribution >= 4 is 11.8 Å². The molecule has 0 saturated carbocycles. The predicted octanol–water partition coefficient (Wildman–Crippen LogP) is 4.60. The van der Waals surface area contributed by atoms with Crippen LogP contribution in [0, 0.1) is 10.8 Å². The number of ketones is 1. The number of phenolic OH excluding ortho intramolecular Hbond substituents is 1. The van der Waals surface area contributed by atoms with E-state index in [-0.39, 0.29) is 22.8 Å². The summed E-state index contributed by atoms with van der Waals surface area (Å²) in [6.45, 7) is 14.6. The van der Waals surface area contributed by atoms with Crippen molar-refractivity contribution in [3.05, 3.63) is 23.8 Å². The van der Waals surface area contributed by atoms with Crippen LogP contribution in [0.1, 0.15) is 65.7 Å². The highest BCUT2D eigenvalue weighted by atomic mass is 16.5. The highest BCUT2D eigenvalue weighted by Crippen LogP contribution is 2.30. The van der Waals surface area contributed by atoms with Crippen molar-refractivity contribution in [2.45, 2.75) is 55.4 Å². The van der Waals surface area contributed by atoms with Crippen molar-refractivity contribution in [3.8, 4) is 11.5 Å². The molecule has 1 aromatic carbocycles. The zero-order chi connectivity index (χ0) is 17.7. The molecule has 124 valence electrons. The van der Waals surface area contributed by atoms with Crippen molar-refractivity contribution < 1.29 is 19.4 Å². The Morgan fingerprint density at radius 1 is 0.955 bits per heavy atom. The molecule has 4 nitrogen and oxygen atoms in total. The van der Waals surface area contributed by atoms with Gasteiger partial charge in [0.05, 0.1) is 11.0 Å². The molecule has 4 heteroatoms. The van der Waals surface area contributed by atoms with E-state index >= 15 is 0 Å². The summed E-state index contributed by atoms with van der Waals surface area (Å²) < 4.78 is 5.17. The number of carbonyl (C=O) groups is 2. The third-order valence-electron chi connectivity index (χ3n) is 2.72. The lowest BCUT2D eigenvalue weighted by molar-refractivity contribution is -0.142. The lowest BCUT2D eigenvalue weighted by atomic mass is 9.86. The molecule has 0 unspecified atom stereocenters. The van der Waals surface area contributed by atoms with Crippen LogP contribution in [0.15, 0.2) is 18.2 Å². The van der Waals surface area contributed by atoms with Crippen LogP contribution in [0.3, 0.4) is 0 Å². The quantitative estimate of drug-likeness (QED) is 0.493. The molecule has 1 aromatic rings. The van der Waals surface area contributed by atoms with Gasteiger partial charge in [-0.25, -0.2) is 0 Å². The maximum absolute atomic E-state index is 12.1. The molecule has 0 aliphatic rings. The number of Topliss-reactive ketones (excluding diaryl/α,β-unsaturated/α-hetero) is 1. The van der Waals surface area contributed by atoms with Crippen molar-refractivity contribution in [1.82, 2.24) is 0 Å². The minimum atomic E-state index is -0.629. The van der Waals surface area contributed by atoms with Crippen LogP contribution < -0.4 is 4.74 Å². The monoisotopic (exact) mass is 308 g/mol. The second kappa shape index (κ2) is 7.43. The van der Waals surface area contributed by atoms with Crippen LogP contribution in [0.25, 0.3) is 0 Å². The molecule has 0 aliphatic carbocycles. The normalized spacial score (nSPS) is 11.3. The fraction of sp³-hybridized carbons (Fsp3) is 0.556. The van der Waals surface area contributed by atoms with Crippen LogP contribution in [0.2, 0.25) is 0 Å². The molecule has 0 heterocycles. The molecule has 0 spiro atoms. The second-order valence-electron chi connectivity index (χ2n) is 6.90. The molecular weight excluding hydrogens is 280 g/mol. The van der Waals surface area contributed by atoms with Crippen LogP contribution in [-0.2, 0) is 4.79 Å². The molecule has 1 N–H and O–H groups in total. The fourth-order valence-electron chi connectivity index (χ4n) is 1.43. The molecule has 0 fully saturated rings. The van der Waals surface area contributed by atoms with E-state index in [2.05, 4.69) is 0 Å². The van der Waals surface area contributed by atoms with E-state index in [4.69, 9.17) is 4.74 Å². The van der Waals surface area contributed by atoms with Gasteiger partial charge in [0.25, 0.3) is 0 Å². The van der Waals surface area contributed by atoms with E-state index in [1.807, 2.05) is 13.8 Å². The lowest BCUT2D eigenvalue weighted by Crippen LogP contribution is -2.25. The molecule has 0 saturated heterocycles. The number of rotatable bonds is 2. The molecule has 0 aromatic heterocycles.